The number of hydrogen-bond acceptors (Lipinski definition) is 3. The van der Waals surface area contributed by atoms with Gasteiger partial charge in [0, 0.05) is 5.69 Å². The average molecular weight is 348 g/mol. The van der Waals surface area contributed by atoms with Crippen LogP contribution in [0.2, 0.25) is 0 Å². The molecule has 0 fully saturated rings. The molecule has 0 saturated carbocycles. The van der Waals surface area contributed by atoms with Crippen LogP contribution in [0.15, 0.2) is 48.5 Å². The maximum atomic E-state index is 12.3. The molecule has 0 saturated heterocycles. The van der Waals surface area contributed by atoms with Crippen LogP contribution in [0.5, 0.6) is 0 Å². The van der Waals surface area contributed by atoms with Crippen molar-refractivity contribution in [3.05, 3.63) is 59.1 Å². The number of hydrogen-bond donors (Lipinski definition) is 1. The summed E-state index contributed by atoms with van der Waals surface area (Å²) in [7, 11) is 0. The Bertz CT molecular complexity index is 882. The number of nitrogens with zero attached hydrogens (tertiary/aromatic N) is 1. The Labute approximate surface area is 139 Å². The molecule has 7 heteroatoms. The summed E-state index contributed by atoms with van der Waals surface area (Å²) in [6, 6.07) is 13.9. The number of anilines is 1. The maximum absolute atomic E-state index is 12.3. The third kappa shape index (κ3) is 3.80. The van der Waals surface area contributed by atoms with Gasteiger partial charge >= 0.3 is 12.1 Å². The summed E-state index contributed by atoms with van der Waals surface area (Å²) in [5.74, 6) is -1.99. The molecule has 0 bridgehead atoms. The minimum atomic E-state index is -4.91. The fraction of sp³-hybridized carbons (Fsp3) is 0.0588. The van der Waals surface area contributed by atoms with Crippen LogP contribution in [-0.4, -0.2) is 17.1 Å². The van der Waals surface area contributed by atoms with E-state index in [4.69, 9.17) is 0 Å². The first-order valence-corrected chi connectivity index (χ1v) is 7.75. The molecule has 0 aliphatic carbocycles. The molecule has 3 rings (SSSR count). The normalized spacial score (nSPS) is 12.0. The van der Waals surface area contributed by atoms with Gasteiger partial charge in [0.15, 0.2) is 0 Å². The summed E-state index contributed by atoms with van der Waals surface area (Å²) in [5, 5.41) is 2.62. The Morgan fingerprint density at radius 3 is 2.62 bits per heavy atom. The van der Waals surface area contributed by atoms with Crippen molar-refractivity contribution in [1.82, 2.24) is 4.98 Å². The summed E-state index contributed by atoms with van der Waals surface area (Å²) >= 11 is 1.52. The molecular weight excluding hydrogens is 337 g/mol. The van der Waals surface area contributed by atoms with Crippen molar-refractivity contribution in [3.63, 3.8) is 0 Å². The summed E-state index contributed by atoms with van der Waals surface area (Å²) in [5.41, 5.74) is 1.64. The Hall–Kier alpha value is -2.67. The molecule has 1 aromatic heterocycles. The van der Waals surface area contributed by atoms with E-state index in [1.54, 1.807) is 24.3 Å². The van der Waals surface area contributed by atoms with Gasteiger partial charge in [0.05, 0.1) is 10.2 Å². The summed E-state index contributed by atoms with van der Waals surface area (Å²) in [6.07, 6.45) is -1.39. The van der Waals surface area contributed by atoms with Crippen LogP contribution in [0, 0.1) is 0 Å². The molecule has 0 unspecified atom stereocenters. The molecule has 1 heterocycles. The predicted molar refractivity (Wildman–Crippen MR) is 89.7 cm³/mol. The Balaban J connectivity index is 1.77. The van der Waals surface area contributed by atoms with Crippen LogP contribution < -0.4 is 5.32 Å². The topological polar surface area (TPSA) is 42.0 Å². The number of carbonyl (C=O) groups is 1. The monoisotopic (exact) mass is 348 g/mol. The van der Waals surface area contributed by atoms with E-state index < -0.39 is 12.1 Å². The second-order valence-corrected chi connectivity index (χ2v) is 5.99. The van der Waals surface area contributed by atoms with E-state index in [9.17, 15) is 18.0 Å². The summed E-state index contributed by atoms with van der Waals surface area (Å²) < 4.78 is 37.9. The molecule has 1 amide bonds. The molecule has 0 aliphatic rings. The minimum absolute atomic E-state index is 0.0868. The number of amides is 1. The number of thiazole rings is 1. The van der Waals surface area contributed by atoms with Crippen LogP contribution in [0.1, 0.15) is 10.6 Å². The van der Waals surface area contributed by atoms with E-state index in [0.29, 0.717) is 5.56 Å². The van der Waals surface area contributed by atoms with Crippen LogP contribution in [0.3, 0.4) is 0 Å². The van der Waals surface area contributed by atoms with Gasteiger partial charge in [-0.25, -0.2) is 4.98 Å². The Morgan fingerprint density at radius 2 is 1.88 bits per heavy atom. The van der Waals surface area contributed by atoms with Crippen molar-refractivity contribution in [2.24, 2.45) is 0 Å². The van der Waals surface area contributed by atoms with Gasteiger partial charge in [0.1, 0.15) is 5.01 Å². The molecule has 24 heavy (non-hydrogen) atoms. The van der Waals surface area contributed by atoms with Crippen molar-refractivity contribution in [3.8, 4) is 0 Å². The highest BCUT2D eigenvalue weighted by Crippen LogP contribution is 2.24. The van der Waals surface area contributed by atoms with E-state index in [-0.39, 0.29) is 5.69 Å². The highest BCUT2D eigenvalue weighted by molar-refractivity contribution is 7.19. The number of benzene rings is 2. The van der Waals surface area contributed by atoms with E-state index in [1.807, 2.05) is 29.6 Å². The first-order valence-electron chi connectivity index (χ1n) is 6.94. The van der Waals surface area contributed by atoms with E-state index in [2.05, 4.69) is 4.98 Å². The fourth-order valence-electron chi connectivity index (χ4n) is 2.05. The summed E-state index contributed by atoms with van der Waals surface area (Å²) in [6.45, 7) is 0. The predicted octanol–water partition coefficient (Wildman–Crippen LogP) is 4.97. The van der Waals surface area contributed by atoms with Crippen molar-refractivity contribution >= 4 is 45.3 Å². The van der Waals surface area contributed by atoms with Gasteiger partial charge in [-0.3, -0.25) is 4.79 Å². The van der Waals surface area contributed by atoms with Gasteiger partial charge in [-0.1, -0.05) is 30.3 Å². The SMILES string of the molecule is O=C(Nc1cccc(/C=C/c2nc3ccccc3s2)c1)C(F)(F)F. The molecule has 3 aromatic rings. The third-order valence-electron chi connectivity index (χ3n) is 3.13. The van der Waals surface area contributed by atoms with E-state index in [1.165, 1.54) is 23.5 Å². The maximum Gasteiger partial charge on any atom is 0.471 e. The Morgan fingerprint density at radius 1 is 1.08 bits per heavy atom. The average Bonchev–Trinajstić information content (AvgIpc) is 2.95. The third-order valence-corrected chi connectivity index (χ3v) is 4.13. The Kier molecular flexibility index (Phi) is 4.35. The van der Waals surface area contributed by atoms with Crippen LogP contribution in [0.25, 0.3) is 22.4 Å². The van der Waals surface area contributed by atoms with Gasteiger partial charge in [0.25, 0.3) is 0 Å². The van der Waals surface area contributed by atoms with Crippen LogP contribution in [0.4, 0.5) is 18.9 Å². The largest absolute Gasteiger partial charge is 0.471 e. The number of carbonyl (C=O) groups excluding carboxylic acids is 1. The zero-order valence-corrected chi connectivity index (χ0v) is 13.0. The number of rotatable bonds is 3. The lowest BCUT2D eigenvalue weighted by Crippen LogP contribution is -2.29. The summed E-state index contributed by atoms with van der Waals surface area (Å²) in [4.78, 5) is 15.4. The molecular formula is C17H11F3N2OS. The molecule has 122 valence electrons. The number of para-hydroxylation sites is 1. The first-order chi connectivity index (χ1) is 11.4. The highest BCUT2D eigenvalue weighted by Gasteiger charge is 2.38. The van der Waals surface area contributed by atoms with Gasteiger partial charge in [-0.05, 0) is 35.9 Å². The molecule has 0 radical (unpaired) electrons. The zero-order valence-electron chi connectivity index (χ0n) is 12.2. The van der Waals surface area contributed by atoms with E-state index >= 15 is 0 Å². The minimum Gasteiger partial charge on any atom is -0.318 e. The quantitative estimate of drug-likeness (QED) is 0.726. The molecule has 0 aliphatic heterocycles. The fourth-order valence-corrected chi connectivity index (χ4v) is 2.92. The lowest BCUT2D eigenvalue weighted by molar-refractivity contribution is -0.167. The van der Waals surface area contributed by atoms with E-state index in [0.717, 1.165) is 15.2 Å². The lowest BCUT2D eigenvalue weighted by Gasteiger charge is -2.08. The van der Waals surface area contributed by atoms with Crippen LogP contribution >= 0.6 is 11.3 Å². The molecule has 3 nitrogen and oxygen atoms in total. The molecule has 2 aromatic carbocycles. The number of nitrogens with one attached hydrogen (secondary N) is 1. The van der Waals surface area contributed by atoms with Crippen molar-refractivity contribution < 1.29 is 18.0 Å². The lowest BCUT2D eigenvalue weighted by atomic mass is 10.2. The number of alkyl halides is 3. The van der Waals surface area contributed by atoms with Gasteiger partial charge in [-0.15, -0.1) is 11.3 Å². The van der Waals surface area contributed by atoms with Crippen molar-refractivity contribution in [1.29, 1.82) is 0 Å². The first kappa shape index (κ1) is 16.2. The number of halogens is 3. The van der Waals surface area contributed by atoms with Crippen molar-refractivity contribution in [2.75, 3.05) is 5.32 Å². The van der Waals surface area contributed by atoms with Crippen molar-refractivity contribution in [2.45, 2.75) is 6.18 Å². The molecule has 1 N–H and O–H groups in total. The van der Waals surface area contributed by atoms with Gasteiger partial charge < -0.3 is 5.32 Å². The number of fused-ring (bicyclic) bond motifs is 1. The zero-order chi connectivity index (χ0) is 17.2. The highest BCUT2D eigenvalue weighted by atomic mass is 32.1. The van der Waals surface area contributed by atoms with Gasteiger partial charge in [-0.2, -0.15) is 13.2 Å². The molecule has 0 atom stereocenters. The second-order valence-electron chi connectivity index (χ2n) is 4.93. The second kappa shape index (κ2) is 6.45. The standard InChI is InChI=1S/C17H11F3N2OS/c18-17(19,20)16(23)21-12-5-3-4-11(10-12)8-9-15-22-13-6-1-2-7-14(13)24-15/h1-10H,(H,21,23)/b9-8+. The van der Waals surface area contributed by atoms with Crippen LogP contribution in [-0.2, 0) is 4.79 Å². The smallest absolute Gasteiger partial charge is 0.318 e. The number of aromatic nitrogens is 1. The molecule has 0 spiro atoms. The van der Waals surface area contributed by atoms with Gasteiger partial charge in [0.2, 0.25) is 0 Å².